The SMILES string of the molecule is COc1cccc(C(=O)NCC(C(C)C)C(C)C)c1OC. The molecule has 1 rings (SSSR count). The van der Waals surface area contributed by atoms with Gasteiger partial charge in [0.15, 0.2) is 11.5 Å². The first kappa shape index (κ1) is 17.3. The van der Waals surface area contributed by atoms with Crippen molar-refractivity contribution in [3.05, 3.63) is 23.8 Å². The summed E-state index contributed by atoms with van der Waals surface area (Å²) in [5.41, 5.74) is 0.503. The third-order valence-electron chi connectivity index (χ3n) is 3.86. The van der Waals surface area contributed by atoms with Crippen molar-refractivity contribution in [1.82, 2.24) is 5.32 Å². The van der Waals surface area contributed by atoms with Crippen molar-refractivity contribution in [3.63, 3.8) is 0 Å². The van der Waals surface area contributed by atoms with Crippen molar-refractivity contribution < 1.29 is 14.3 Å². The number of benzene rings is 1. The van der Waals surface area contributed by atoms with Crippen LogP contribution in [0.2, 0.25) is 0 Å². The van der Waals surface area contributed by atoms with Crippen molar-refractivity contribution in [1.29, 1.82) is 0 Å². The first-order chi connectivity index (χ1) is 9.92. The van der Waals surface area contributed by atoms with Gasteiger partial charge in [0.1, 0.15) is 0 Å². The molecule has 0 aliphatic carbocycles. The second kappa shape index (κ2) is 7.91. The molecule has 0 radical (unpaired) electrons. The molecule has 0 bridgehead atoms. The number of ether oxygens (including phenoxy) is 2. The lowest BCUT2D eigenvalue weighted by atomic mass is 9.85. The molecule has 0 saturated carbocycles. The molecular formula is C17H27NO3. The molecule has 0 atom stereocenters. The van der Waals surface area contributed by atoms with Crippen molar-refractivity contribution in [2.45, 2.75) is 27.7 Å². The van der Waals surface area contributed by atoms with Crippen LogP contribution in [0.15, 0.2) is 18.2 Å². The van der Waals surface area contributed by atoms with Gasteiger partial charge in [0.2, 0.25) is 0 Å². The maximum Gasteiger partial charge on any atom is 0.255 e. The maximum atomic E-state index is 12.4. The summed E-state index contributed by atoms with van der Waals surface area (Å²) < 4.78 is 10.5. The van der Waals surface area contributed by atoms with Crippen LogP contribution in [-0.2, 0) is 0 Å². The summed E-state index contributed by atoms with van der Waals surface area (Å²) in [5.74, 6) is 2.41. The predicted octanol–water partition coefficient (Wildman–Crippen LogP) is 3.36. The fourth-order valence-electron chi connectivity index (χ4n) is 2.61. The zero-order valence-corrected chi connectivity index (χ0v) is 13.9. The first-order valence-corrected chi connectivity index (χ1v) is 7.41. The molecule has 0 fully saturated rings. The summed E-state index contributed by atoms with van der Waals surface area (Å²) in [6, 6.07) is 5.32. The number of hydrogen-bond donors (Lipinski definition) is 1. The Bertz CT molecular complexity index is 461. The Balaban J connectivity index is 2.85. The Labute approximate surface area is 127 Å². The number of carbonyl (C=O) groups excluding carboxylic acids is 1. The van der Waals surface area contributed by atoms with Gasteiger partial charge in [-0.2, -0.15) is 0 Å². The molecule has 1 N–H and O–H groups in total. The molecule has 0 aliphatic rings. The molecule has 0 unspecified atom stereocenters. The van der Waals surface area contributed by atoms with Gasteiger partial charge in [-0.3, -0.25) is 4.79 Å². The predicted molar refractivity (Wildman–Crippen MR) is 85.0 cm³/mol. The normalized spacial score (nSPS) is 11.1. The molecule has 1 aromatic carbocycles. The highest BCUT2D eigenvalue weighted by atomic mass is 16.5. The molecule has 4 nitrogen and oxygen atoms in total. The van der Waals surface area contributed by atoms with Gasteiger partial charge in [0.05, 0.1) is 19.8 Å². The molecule has 118 valence electrons. The summed E-state index contributed by atoms with van der Waals surface area (Å²) in [7, 11) is 3.10. The zero-order valence-electron chi connectivity index (χ0n) is 13.9. The second-order valence-electron chi connectivity index (χ2n) is 5.90. The zero-order chi connectivity index (χ0) is 16.0. The highest BCUT2D eigenvalue weighted by Gasteiger charge is 2.21. The monoisotopic (exact) mass is 293 g/mol. The molecule has 21 heavy (non-hydrogen) atoms. The molecule has 0 spiro atoms. The van der Waals surface area contributed by atoms with Gasteiger partial charge in [-0.25, -0.2) is 0 Å². The number of carbonyl (C=O) groups is 1. The Kier molecular flexibility index (Phi) is 6.53. The van der Waals surface area contributed by atoms with Gasteiger partial charge in [-0.15, -0.1) is 0 Å². The number of para-hydroxylation sites is 1. The van der Waals surface area contributed by atoms with E-state index >= 15 is 0 Å². The van der Waals surface area contributed by atoms with Crippen molar-refractivity contribution in [2.75, 3.05) is 20.8 Å². The summed E-state index contributed by atoms with van der Waals surface area (Å²) in [5, 5.41) is 3.01. The van der Waals surface area contributed by atoms with Crippen molar-refractivity contribution in [2.24, 2.45) is 17.8 Å². The Morgan fingerprint density at radius 2 is 1.71 bits per heavy atom. The molecule has 0 aromatic heterocycles. The minimum Gasteiger partial charge on any atom is -0.493 e. The van der Waals surface area contributed by atoms with Crippen LogP contribution in [-0.4, -0.2) is 26.7 Å². The van der Waals surface area contributed by atoms with E-state index in [9.17, 15) is 4.79 Å². The number of methoxy groups -OCH3 is 2. The van der Waals surface area contributed by atoms with Gasteiger partial charge in [-0.05, 0) is 29.9 Å². The Morgan fingerprint density at radius 3 is 2.19 bits per heavy atom. The largest absolute Gasteiger partial charge is 0.493 e. The van der Waals surface area contributed by atoms with Crippen LogP contribution in [0.4, 0.5) is 0 Å². The third-order valence-corrected chi connectivity index (χ3v) is 3.86. The van der Waals surface area contributed by atoms with E-state index in [-0.39, 0.29) is 5.91 Å². The molecule has 0 saturated heterocycles. The summed E-state index contributed by atoms with van der Waals surface area (Å²) in [4.78, 5) is 12.4. The standard InChI is InChI=1S/C17H27NO3/c1-11(2)14(12(3)4)10-18-17(19)13-8-7-9-15(20-5)16(13)21-6/h7-9,11-12,14H,10H2,1-6H3,(H,18,19). The fourth-order valence-corrected chi connectivity index (χ4v) is 2.61. The fraction of sp³-hybridized carbons (Fsp3) is 0.588. The van der Waals surface area contributed by atoms with Gasteiger partial charge in [0.25, 0.3) is 5.91 Å². The highest BCUT2D eigenvalue weighted by Crippen LogP contribution is 2.30. The van der Waals surface area contributed by atoms with Gasteiger partial charge < -0.3 is 14.8 Å². The molecule has 4 heteroatoms. The summed E-state index contributed by atoms with van der Waals surface area (Å²) in [6.07, 6.45) is 0. The van der Waals surface area contributed by atoms with Crippen LogP contribution in [0.3, 0.4) is 0 Å². The molecule has 0 aliphatic heterocycles. The average Bonchev–Trinajstić information content (AvgIpc) is 2.45. The molecule has 1 aromatic rings. The highest BCUT2D eigenvalue weighted by molar-refractivity contribution is 5.97. The Hall–Kier alpha value is -1.71. The van der Waals surface area contributed by atoms with E-state index in [0.717, 1.165) is 0 Å². The van der Waals surface area contributed by atoms with E-state index in [1.807, 2.05) is 0 Å². The lowest BCUT2D eigenvalue weighted by Crippen LogP contribution is -2.34. The lowest BCUT2D eigenvalue weighted by Gasteiger charge is -2.25. The first-order valence-electron chi connectivity index (χ1n) is 7.41. The van der Waals surface area contributed by atoms with E-state index in [1.165, 1.54) is 0 Å². The van der Waals surface area contributed by atoms with E-state index in [1.54, 1.807) is 32.4 Å². The smallest absolute Gasteiger partial charge is 0.255 e. The number of nitrogens with one attached hydrogen (secondary N) is 1. The average molecular weight is 293 g/mol. The second-order valence-corrected chi connectivity index (χ2v) is 5.90. The molecular weight excluding hydrogens is 266 g/mol. The number of hydrogen-bond acceptors (Lipinski definition) is 3. The summed E-state index contributed by atoms with van der Waals surface area (Å²) >= 11 is 0. The van der Waals surface area contributed by atoms with E-state index in [4.69, 9.17) is 9.47 Å². The van der Waals surface area contributed by atoms with Crippen LogP contribution >= 0.6 is 0 Å². The van der Waals surface area contributed by atoms with E-state index in [0.29, 0.717) is 41.4 Å². The van der Waals surface area contributed by atoms with Crippen LogP contribution in [0.25, 0.3) is 0 Å². The van der Waals surface area contributed by atoms with Crippen LogP contribution in [0.1, 0.15) is 38.1 Å². The number of rotatable bonds is 7. The van der Waals surface area contributed by atoms with Crippen LogP contribution in [0, 0.1) is 17.8 Å². The van der Waals surface area contributed by atoms with Gasteiger partial charge in [-0.1, -0.05) is 33.8 Å². The van der Waals surface area contributed by atoms with Gasteiger partial charge in [0, 0.05) is 6.54 Å². The quantitative estimate of drug-likeness (QED) is 0.838. The topological polar surface area (TPSA) is 47.6 Å². The van der Waals surface area contributed by atoms with E-state index < -0.39 is 0 Å². The van der Waals surface area contributed by atoms with Crippen molar-refractivity contribution in [3.8, 4) is 11.5 Å². The third kappa shape index (κ3) is 4.38. The Morgan fingerprint density at radius 1 is 1.10 bits per heavy atom. The van der Waals surface area contributed by atoms with Crippen LogP contribution in [0.5, 0.6) is 11.5 Å². The minimum absolute atomic E-state index is 0.128. The number of amides is 1. The lowest BCUT2D eigenvalue weighted by molar-refractivity contribution is 0.0933. The molecule has 0 heterocycles. The molecule has 1 amide bonds. The van der Waals surface area contributed by atoms with Gasteiger partial charge >= 0.3 is 0 Å². The minimum atomic E-state index is -0.128. The van der Waals surface area contributed by atoms with E-state index in [2.05, 4.69) is 33.0 Å². The van der Waals surface area contributed by atoms with Crippen LogP contribution < -0.4 is 14.8 Å². The van der Waals surface area contributed by atoms with Crippen molar-refractivity contribution >= 4 is 5.91 Å². The maximum absolute atomic E-state index is 12.4. The summed E-state index contributed by atoms with van der Waals surface area (Å²) in [6.45, 7) is 9.40.